The number of rotatable bonds is 1. The molecule has 1 aromatic carbocycles. The number of hydrogen-bond acceptors (Lipinski definition) is 3. The van der Waals surface area contributed by atoms with E-state index in [9.17, 15) is 9.59 Å². The summed E-state index contributed by atoms with van der Waals surface area (Å²) < 4.78 is 5.07. The van der Waals surface area contributed by atoms with Crippen molar-refractivity contribution < 1.29 is 14.3 Å². The Morgan fingerprint density at radius 3 is 2.73 bits per heavy atom. The van der Waals surface area contributed by atoms with E-state index in [4.69, 9.17) is 4.74 Å². The summed E-state index contributed by atoms with van der Waals surface area (Å²) in [6.07, 6.45) is 0. The largest absolute Gasteiger partial charge is 0.424 e. The van der Waals surface area contributed by atoms with E-state index in [0.29, 0.717) is 11.3 Å². The number of benzene rings is 1. The van der Waals surface area contributed by atoms with Gasteiger partial charge in [-0.1, -0.05) is 18.2 Å². The number of hydrogen-bond donors (Lipinski definition) is 1. The van der Waals surface area contributed by atoms with E-state index in [-0.39, 0.29) is 5.91 Å². The van der Waals surface area contributed by atoms with Crippen LogP contribution in [0.1, 0.15) is 19.4 Å². The van der Waals surface area contributed by atoms with Crippen molar-refractivity contribution in [1.82, 2.24) is 5.32 Å². The Balaban J connectivity index is 2.49. The van der Waals surface area contributed by atoms with Gasteiger partial charge >= 0.3 is 5.97 Å². The summed E-state index contributed by atoms with van der Waals surface area (Å²) in [5.41, 5.74) is -0.354. The molecule has 0 saturated heterocycles. The summed E-state index contributed by atoms with van der Waals surface area (Å²) in [6.45, 7) is 3.02. The van der Waals surface area contributed by atoms with Gasteiger partial charge in [0.25, 0.3) is 0 Å². The number of ether oxygens (including phenoxy) is 1. The first-order valence-corrected chi connectivity index (χ1v) is 4.64. The van der Waals surface area contributed by atoms with Gasteiger partial charge in [-0.05, 0) is 13.0 Å². The lowest BCUT2D eigenvalue weighted by Crippen LogP contribution is -2.47. The number of fused-ring (bicyclic) bond motifs is 1. The maximum atomic E-state index is 11.7. The zero-order chi connectivity index (χ0) is 11.1. The van der Waals surface area contributed by atoms with Gasteiger partial charge in [-0.15, -0.1) is 0 Å². The van der Waals surface area contributed by atoms with Crippen LogP contribution in [0.3, 0.4) is 0 Å². The van der Waals surface area contributed by atoms with Gasteiger partial charge in [0.2, 0.25) is 5.91 Å². The van der Waals surface area contributed by atoms with Gasteiger partial charge in [-0.25, -0.2) is 4.79 Å². The highest BCUT2D eigenvalue weighted by Gasteiger charge is 2.45. The third kappa shape index (κ3) is 1.38. The monoisotopic (exact) mass is 205 g/mol. The molecule has 0 aliphatic carbocycles. The van der Waals surface area contributed by atoms with Crippen LogP contribution in [0.4, 0.5) is 0 Å². The Hall–Kier alpha value is -1.84. The average molecular weight is 205 g/mol. The van der Waals surface area contributed by atoms with E-state index < -0.39 is 11.5 Å². The first-order chi connectivity index (χ1) is 7.04. The van der Waals surface area contributed by atoms with Gasteiger partial charge in [0.15, 0.2) is 5.54 Å². The van der Waals surface area contributed by atoms with Gasteiger partial charge in [0.05, 0.1) is 0 Å². The molecule has 1 aliphatic rings. The highest BCUT2D eigenvalue weighted by atomic mass is 16.5. The van der Waals surface area contributed by atoms with E-state index in [1.54, 1.807) is 31.2 Å². The lowest BCUT2D eigenvalue weighted by Gasteiger charge is -2.20. The van der Waals surface area contributed by atoms with Gasteiger partial charge in [0.1, 0.15) is 5.75 Å². The van der Waals surface area contributed by atoms with Crippen LogP contribution in [-0.4, -0.2) is 11.9 Å². The molecule has 1 N–H and O–H groups in total. The first-order valence-electron chi connectivity index (χ1n) is 4.64. The van der Waals surface area contributed by atoms with Crippen LogP contribution in [0.25, 0.3) is 0 Å². The molecule has 0 radical (unpaired) electrons. The number of nitrogens with one attached hydrogen (secondary N) is 1. The van der Waals surface area contributed by atoms with Crippen LogP contribution in [0.15, 0.2) is 24.3 Å². The summed E-state index contributed by atoms with van der Waals surface area (Å²) in [6, 6.07) is 7.07. The van der Waals surface area contributed by atoms with E-state index >= 15 is 0 Å². The van der Waals surface area contributed by atoms with Gasteiger partial charge in [0, 0.05) is 12.5 Å². The highest BCUT2D eigenvalue weighted by Crippen LogP contribution is 2.37. The summed E-state index contributed by atoms with van der Waals surface area (Å²) in [5, 5.41) is 2.61. The van der Waals surface area contributed by atoms with Gasteiger partial charge < -0.3 is 10.1 Å². The fraction of sp³-hybridized carbons (Fsp3) is 0.273. The highest BCUT2D eigenvalue weighted by molar-refractivity contribution is 5.93. The molecular weight excluding hydrogens is 194 g/mol. The lowest BCUT2D eigenvalue weighted by molar-refractivity contribution is -0.141. The topological polar surface area (TPSA) is 55.4 Å². The first kappa shape index (κ1) is 9.71. The van der Waals surface area contributed by atoms with Crippen LogP contribution < -0.4 is 10.1 Å². The second kappa shape index (κ2) is 3.08. The van der Waals surface area contributed by atoms with E-state index in [1.165, 1.54) is 6.92 Å². The fourth-order valence-electron chi connectivity index (χ4n) is 1.75. The molecule has 1 atom stereocenters. The molecule has 0 bridgehead atoms. The van der Waals surface area contributed by atoms with Gasteiger partial charge in [-0.2, -0.15) is 0 Å². The molecule has 0 spiro atoms. The lowest BCUT2D eigenvalue weighted by atomic mass is 9.94. The molecule has 4 nitrogen and oxygen atoms in total. The zero-order valence-corrected chi connectivity index (χ0v) is 8.53. The number of carbonyl (C=O) groups excluding carboxylic acids is 2. The Bertz CT molecular complexity index is 441. The van der Waals surface area contributed by atoms with Gasteiger partial charge in [-0.3, -0.25) is 4.79 Å². The second-order valence-corrected chi connectivity index (χ2v) is 3.69. The third-order valence-electron chi connectivity index (χ3n) is 2.46. The summed E-state index contributed by atoms with van der Waals surface area (Å²) in [4.78, 5) is 22.7. The number of carbonyl (C=O) groups is 2. The molecule has 15 heavy (non-hydrogen) atoms. The molecule has 0 fully saturated rings. The van der Waals surface area contributed by atoms with Crippen LogP contribution in [0.2, 0.25) is 0 Å². The molecule has 1 aromatic rings. The molecule has 1 amide bonds. The van der Waals surface area contributed by atoms with E-state index in [2.05, 4.69) is 5.32 Å². The summed E-state index contributed by atoms with van der Waals surface area (Å²) in [7, 11) is 0. The van der Waals surface area contributed by atoms with Crippen molar-refractivity contribution in [2.75, 3.05) is 0 Å². The van der Waals surface area contributed by atoms with E-state index in [1.807, 2.05) is 0 Å². The Morgan fingerprint density at radius 1 is 1.40 bits per heavy atom. The van der Waals surface area contributed by atoms with Crippen molar-refractivity contribution in [3.63, 3.8) is 0 Å². The molecule has 4 heteroatoms. The van der Waals surface area contributed by atoms with Crippen molar-refractivity contribution in [2.24, 2.45) is 0 Å². The normalized spacial score (nSPS) is 23.2. The SMILES string of the molecule is CC(=O)NC1(C)C(=O)Oc2ccccc21. The van der Waals surface area contributed by atoms with Crippen molar-refractivity contribution in [3.8, 4) is 5.75 Å². The Labute approximate surface area is 87.2 Å². The second-order valence-electron chi connectivity index (χ2n) is 3.69. The fourth-order valence-corrected chi connectivity index (χ4v) is 1.75. The minimum atomic E-state index is -1.05. The van der Waals surface area contributed by atoms with Crippen molar-refractivity contribution in [3.05, 3.63) is 29.8 Å². The van der Waals surface area contributed by atoms with E-state index in [0.717, 1.165) is 0 Å². The minimum Gasteiger partial charge on any atom is -0.424 e. The Kier molecular flexibility index (Phi) is 2.00. The molecule has 0 aromatic heterocycles. The molecule has 2 rings (SSSR count). The minimum absolute atomic E-state index is 0.258. The van der Waals surface area contributed by atoms with Crippen molar-refractivity contribution in [2.45, 2.75) is 19.4 Å². The maximum absolute atomic E-state index is 11.7. The number of para-hydroxylation sites is 1. The predicted molar refractivity (Wildman–Crippen MR) is 53.2 cm³/mol. The molecule has 1 heterocycles. The van der Waals surface area contributed by atoms with Crippen LogP contribution in [0.5, 0.6) is 5.75 Å². The smallest absolute Gasteiger partial charge is 0.341 e. The predicted octanol–water partition coefficient (Wildman–Crippen LogP) is 0.957. The molecule has 1 unspecified atom stereocenters. The molecule has 0 saturated carbocycles. The zero-order valence-electron chi connectivity index (χ0n) is 8.53. The number of esters is 1. The third-order valence-corrected chi connectivity index (χ3v) is 2.46. The summed E-state index contributed by atoms with van der Waals surface area (Å²) in [5.74, 6) is -0.191. The summed E-state index contributed by atoms with van der Waals surface area (Å²) >= 11 is 0. The Morgan fingerprint density at radius 2 is 2.07 bits per heavy atom. The maximum Gasteiger partial charge on any atom is 0.341 e. The number of amides is 1. The average Bonchev–Trinajstić information content (AvgIpc) is 2.39. The van der Waals surface area contributed by atoms with Crippen LogP contribution in [-0.2, 0) is 15.1 Å². The quantitative estimate of drug-likeness (QED) is 0.548. The molecular formula is C11H11NO3. The molecule has 1 aliphatic heterocycles. The van der Waals surface area contributed by atoms with Crippen LogP contribution >= 0.6 is 0 Å². The van der Waals surface area contributed by atoms with Crippen LogP contribution in [0, 0.1) is 0 Å². The molecule has 78 valence electrons. The van der Waals surface area contributed by atoms with Crippen molar-refractivity contribution >= 4 is 11.9 Å². The van der Waals surface area contributed by atoms with Crippen molar-refractivity contribution in [1.29, 1.82) is 0 Å². The standard InChI is InChI=1S/C11H11NO3/c1-7(13)12-11(2)8-5-3-4-6-9(8)15-10(11)14/h3-6H,1-2H3,(H,12,13).